The highest BCUT2D eigenvalue weighted by Gasteiger charge is 2.23. The first-order valence-electron chi connectivity index (χ1n) is 7.80. The molecule has 1 unspecified atom stereocenters. The molecule has 1 aliphatic rings. The lowest BCUT2D eigenvalue weighted by molar-refractivity contribution is -0.145. The molecule has 2 rings (SSSR count). The van der Waals surface area contributed by atoms with E-state index in [1.165, 1.54) is 12.7 Å². The highest BCUT2D eigenvalue weighted by Crippen LogP contribution is 2.10. The van der Waals surface area contributed by atoms with Gasteiger partial charge in [-0.2, -0.15) is 0 Å². The smallest absolute Gasteiger partial charge is 0.308 e. The summed E-state index contributed by atoms with van der Waals surface area (Å²) >= 11 is 0. The number of likely N-dealkylation sites (N-methyl/N-ethyl adjacent to an activating group) is 1. The molecule has 1 saturated heterocycles. The Morgan fingerprint density at radius 3 is 2.91 bits per heavy atom. The van der Waals surface area contributed by atoms with Crippen molar-refractivity contribution >= 4 is 5.97 Å². The fraction of sp³-hybridized carbons (Fsp3) is 0.588. The molecule has 5 heteroatoms. The largest absolute Gasteiger partial charge is 0.469 e. The average Bonchev–Trinajstić information content (AvgIpc) is 2.54. The summed E-state index contributed by atoms with van der Waals surface area (Å²) in [6.07, 6.45) is 0.299. The van der Waals surface area contributed by atoms with Crippen LogP contribution in [0.5, 0.6) is 0 Å². The molecule has 0 aromatic heterocycles. The molecule has 1 atom stereocenters. The zero-order valence-electron chi connectivity index (χ0n) is 13.5. The maximum Gasteiger partial charge on any atom is 0.308 e. The summed E-state index contributed by atoms with van der Waals surface area (Å²) in [6.45, 7) is 5.36. The molecule has 1 aliphatic heterocycles. The third-order valence-corrected chi connectivity index (χ3v) is 3.94. The van der Waals surface area contributed by atoms with E-state index >= 15 is 0 Å². The summed E-state index contributed by atoms with van der Waals surface area (Å²) in [7, 11) is 3.56. The van der Waals surface area contributed by atoms with Crippen LogP contribution < -0.4 is 0 Å². The van der Waals surface area contributed by atoms with Gasteiger partial charge in [-0.05, 0) is 12.6 Å². The molecule has 0 aliphatic carbocycles. The lowest BCUT2D eigenvalue weighted by Gasteiger charge is -2.33. The first-order valence-corrected chi connectivity index (χ1v) is 7.80. The van der Waals surface area contributed by atoms with E-state index < -0.39 is 0 Å². The molecule has 0 spiro atoms. The Bertz CT molecular complexity index is 452. The van der Waals surface area contributed by atoms with Crippen molar-refractivity contribution in [3.8, 4) is 0 Å². The van der Waals surface area contributed by atoms with Gasteiger partial charge in [0.1, 0.15) is 0 Å². The number of hydrogen-bond donors (Lipinski definition) is 0. The van der Waals surface area contributed by atoms with E-state index in [2.05, 4.69) is 41.1 Å². The minimum absolute atomic E-state index is 0.0411. The van der Waals surface area contributed by atoms with Crippen LogP contribution in [0.1, 0.15) is 12.0 Å². The number of hydrogen-bond acceptors (Lipinski definition) is 5. The van der Waals surface area contributed by atoms with Crippen molar-refractivity contribution in [3.05, 3.63) is 35.9 Å². The van der Waals surface area contributed by atoms with Gasteiger partial charge >= 0.3 is 5.97 Å². The molecule has 0 N–H and O–H groups in total. The zero-order valence-corrected chi connectivity index (χ0v) is 13.5. The third-order valence-electron chi connectivity index (χ3n) is 3.94. The number of benzene rings is 1. The molecule has 0 amide bonds. The van der Waals surface area contributed by atoms with Crippen molar-refractivity contribution in [2.45, 2.75) is 19.1 Å². The SMILES string of the molecule is COC(=O)CC1CN(CCN(C)Cc2ccccc2)CCO1. The normalized spacial score (nSPS) is 19.3. The number of morpholine rings is 1. The molecule has 22 heavy (non-hydrogen) atoms. The van der Waals surface area contributed by atoms with Gasteiger partial charge in [-0.15, -0.1) is 0 Å². The molecule has 1 aromatic rings. The van der Waals surface area contributed by atoms with Crippen molar-refractivity contribution in [1.29, 1.82) is 0 Å². The van der Waals surface area contributed by atoms with Crippen LogP contribution in [0.3, 0.4) is 0 Å². The van der Waals surface area contributed by atoms with Gasteiger partial charge in [-0.25, -0.2) is 0 Å². The molecule has 1 fully saturated rings. The Labute approximate surface area is 132 Å². The van der Waals surface area contributed by atoms with Gasteiger partial charge in [-0.1, -0.05) is 30.3 Å². The summed E-state index contributed by atoms with van der Waals surface area (Å²) in [4.78, 5) is 16.0. The first kappa shape index (κ1) is 16.9. The fourth-order valence-corrected chi connectivity index (χ4v) is 2.66. The standard InChI is InChI=1S/C17H26N2O3/c1-18(13-15-6-4-3-5-7-15)8-9-19-10-11-22-16(14-19)12-17(20)21-2/h3-7,16H,8-14H2,1-2H3. The molecule has 1 heterocycles. The van der Waals surface area contributed by atoms with Crippen LogP contribution in [0.2, 0.25) is 0 Å². The molecule has 0 saturated carbocycles. The fourth-order valence-electron chi connectivity index (χ4n) is 2.66. The Morgan fingerprint density at radius 2 is 2.18 bits per heavy atom. The number of ether oxygens (including phenoxy) is 2. The third kappa shape index (κ3) is 5.75. The summed E-state index contributed by atoms with van der Waals surface area (Å²) in [5.74, 6) is -0.201. The Morgan fingerprint density at radius 1 is 1.41 bits per heavy atom. The minimum atomic E-state index is -0.201. The van der Waals surface area contributed by atoms with Gasteiger partial charge in [0.2, 0.25) is 0 Å². The predicted molar refractivity (Wildman–Crippen MR) is 85.6 cm³/mol. The number of methoxy groups -OCH3 is 1. The number of rotatable bonds is 7. The van der Waals surface area contributed by atoms with Crippen molar-refractivity contribution < 1.29 is 14.3 Å². The van der Waals surface area contributed by atoms with Crippen LogP contribution in [-0.4, -0.2) is 68.8 Å². The predicted octanol–water partition coefficient (Wildman–Crippen LogP) is 1.38. The number of esters is 1. The zero-order chi connectivity index (χ0) is 15.8. The van der Waals surface area contributed by atoms with Crippen molar-refractivity contribution in [3.63, 3.8) is 0 Å². The molecule has 5 nitrogen and oxygen atoms in total. The van der Waals surface area contributed by atoms with E-state index in [1.54, 1.807) is 0 Å². The van der Waals surface area contributed by atoms with Gasteiger partial charge in [0, 0.05) is 32.7 Å². The lowest BCUT2D eigenvalue weighted by Crippen LogP contribution is -2.45. The molecular formula is C17H26N2O3. The molecule has 1 aromatic carbocycles. The van der Waals surface area contributed by atoms with Crippen LogP contribution in [0.4, 0.5) is 0 Å². The minimum Gasteiger partial charge on any atom is -0.469 e. The Hall–Kier alpha value is -1.43. The van der Waals surface area contributed by atoms with E-state index in [0.717, 1.165) is 32.7 Å². The summed E-state index contributed by atoms with van der Waals surface area (Å²) < 4.78 is 10.3. The molecule has 0 radical (unpaired) electrons. The Kier molecular flexibility index (Phi) is 6.83. The van der Waals surface area contributed by atoms with Gasteiger partial charge in [-0.3, -0.25) is 9.69 Å². The van der Waals surface area contributed by atoms with Gasteiger partial charge < -0.3 is 14.4 Å². The lowest BCUT2D eigenvalue weighted by atomic mass is 10.2. The van der Waals surface area contributed by atoms with Crippen molar-refractivity contribution in [1.82, 2.24) is 9.80 Å². The Balaban J connectivity index is 1.70. The highest BCUT2D eigenvalue weighted by atomic mass is 16.5. The average molecular weight is 306 g/mol. The van der Waals surface area contributed by atoms with Crippen LogP contribution in [-0.2, 0) is 20.8 Å². The van der Waals surface area contributed by atoms with Crippen LogP contribution in [0, 0.1) is 0 Å². The topological polar surface area (TPSA) is 42.0 Å². The van der Waals surface area contributed by atoms with Gasteiger partial charge in [0.25, 0.3) is 0 Å². The van der Waals surface area contributed by atoms with E-state index in [9.17, 15) is 4.79 Å². The van der Waals surface area contributed by atoms with Gasteiger partial charge in [0.05, 0.1) is 26.2 Å². The summed E-state index contributed by atoms with van der Waals surface area (Å²) in [5.41, 5.74) is 1.33. The maximum atomic E-state index is 11.3. The second-order valence-corrected chi connectivity index (χ2v) is 5.80. The van der Waals surface area contributed by atoms with E-state index in [0.29, 0.717) is 13.0 Å². The summed E-state index contributed by atoms with van der Waals surface area (Å²) in [5, 5.41) is 0. The second kappa shape index (κ2) is 8.88. The number of carbonyl (C=O) groups is 1. The van der Waals surface area contributed by atoms with Crippen LogP contribution >= 0.6 is 0 Å². The van der Waals surface area contributed by atoms with Crippen LogP contribution in [0.15, 0.2) is 30.3 Å². The van der Waals surface area contributed by atoms with E-state index in [4.69, 9.17) is 9.47 Å². The van der Waals surface area contributed by atoms with Crippen LogP contribution in [0.25, 0.3) is 0 Å². The molecule has 0 bridgehead atoms. The summed E-state index contributed by atoms with van der Waals surface area (Å²) in [6, 6.07) is 10.5. The quantitative estimate of drug-likeness (QED) is 0.712. The number of nitrogens with zero attached hydrogens (tertiary/aromatic N) is 2. The molecule has 122 valence electrons. The number of carbonyl (C=O) groups excluding carboxylic acids is 1. The van der Waals surface area contributed by atoms with Crippen molar-refractivity contribution in [2.24, 2.45) is 0 Å². The highest BCUT2D eigenvalue weighted by molar-refractivity contribution is 5.69. The monoisotopic (exact) mass is 306 g/mol. The van der Waals surface area contributed by atoms with E-state index in [-0.39, 0.29) is 12.1 Å². The molecular weight excluding hydrogens is 280 g/mol. The first-order chi connectivity index (χ1) is 10.7. The van der Waals surface area contributed by atoms with E-state index in [1.807, 2.05) is 6.07 Å². The maximum absolute atomic E-state index is 11.3. The van der Waals surface area contributed by atoms with Crippen molar-refractivity contribution in [2.75, 3.05) is 46.9 Å². The second-order valence-electron chi connectivity index (χ2n) is 5.80. The van der Waals surface area contributed by atoms with Gasteiger partial charge in [0.15, 0.2) is 0 Å².